The van der Waals surface area contributed by atoms with Crippen LogP contribution in [0, 0.1) is 0 Å². The van der Waals surface area contributed by atoms with Crippen molar-refractivity contribution in [3.8, 4) is 11.1 Å². The van der Waals surface area contributed by atoms with Crippen molar-refractivity contribution in [2.75, 3.05) is 26.3 Å². The van der Waals surface area contributed by atoms with Gasteiger partial charge in [0.1, 0.15) is 0 Å². The Bertz CT molecular complexity index is 835. The van der Waals surface area contributed by atoms with E-state index in [1.807, 2.05) is 42.5 Å². The molecule has 0 atom stereocenters. The van der Waals surface area contributed by atoms with Gasteiger partial charge in [-0.1, -0.05) is 48.5 Å². The van der Waals surface area contributed by atoms with Crippen molar-refractivity contribution in [2.24, 2.45) is 0 Å². The molecule has 0 aromatic heterocycles. The van der Waals surface area contributed by atoms with Crippen molar-refractivity contribution >= 4 is 10.0 Å². The molecule has 6 heteroatoms. The second-order valence-corrected chi connectivity index (χ2v) is 8.28. The van der Waals surface area contributed by atoms with Crippen LogP contribution in [0.3, 0.4) is 0 Å². The maximum Gasteiger partial charge on any atom is 0.243 e. The molecule has 25 heavy (non-hydrogen) atoms. The third-order valence-electron chi connectivity index (χ3n) is 4.89. The van der Waals surface area contributed by atoms with Crippen molar-refractivity contribution in [3.05, 3.63) is 54.6 Å². The molecule has 2 aromatic rings. The fourth-order valence-electron chi connectivity index (χ4n) is 3.54. The summed E-state index contributed by atoms with van der Waals surface area (Å²) in [6.07, 6.45) is 1.14. The lowest BCUT2D eigenvalue weighted by Crippen LogP contribution is -2.47. The molecular formula is C19H21NO4S. The maximum absolute atomic E-state index is 13.2. The van der Waals surface area contributed by atoms with Gasteiger partial charge in [0.05, 0.1) is 18.1 Å². The second kappa shape index (κ2) is 6.53. The fourth-order valence-corrected chi connectivity index (χ4v) is 5.20. The number of nitrogens with zero attached hydrogens (tertiary/aromatic N) is 1. The zero-order chi connectivity index (χ0) is 17.3. The van der Waals surface area contributed by atoms with E-state index in [-0.39, 0.29) is 0 Å². The molecule has 2 aliphatic heterocycles. The summed E-state index contributed by atoms with van der Waals surface area (Å²) in [7, 11) is -3.56. The van der Waals surface area contributed by atoms with Crippen LogP contribution in [0.2, 0.25) is 0 Å². The summed E-state index contributed by atoms with van der Waals surface area (Å²) in [5.74, 6) is -0.578. The minimum absolute atomic E-state index is 0.352. The number of ether oxygens (including phenoxy) is 2. The van der Waals surface area contributed by atoms with Gasteiger partial charge in [0.2, 0.25) is 10.0 Å². The first kappa shape index (κ1) is 16.7. The van der Waals surface area contributed by atoms with Gasteiger partial charge in [-0.25, -0.2) is 8.42 Å². The largest absolute Gasteiger partial charge is 0.347 e. The summed E-state index contributed by atoms with van der Waals surface area (Å²) >= 11 is 0. The van der Waals surface area contributed by atoms with Gasteiger partial charge >= 0.3 is 0 Å². The van der Waals surface area contributed by atoms with Crippen LogP contribution >= 0.6 is 0 Å². The van der Waals surface area contributed by atoms with Gasteiger partial charge in [-0.15, -0.1) is 0 Å². The molecule has 2 fully saturated rings. The highest BCUT2D eigenvalue weighted by Crippen LogP contribution is 2.35. The minimum atomic E-state index is -3.56. The molecule has 2 aromatic carbocycles. The standard InChI is InChI=1S/C19H21NO4S/c21-25(22,20-12-10-19(11-13-20)23-14-15-24-19)18-9-5-4-8-17(18)16-6-2-1-3-7-16/h1-9H,10-15H2. The van der Waals surface area contributed by atoms with Gasteiger partial charge in [-0.2, -0.15) is 4.31 Å². The smallest absolute Gasteiger partial charge is 0.243 e. The van der Waals surface area contributed by atoms with Crippen molar-refractivity contribution < 1.29 is 17.9 Å². The van der Waals surface area contributed by atoms with Gasteiger partial charge in [0, 0.05) is 31.5 Å². The third kappa shape index (κ3) is 3.11. The number of rotatable bonds is 3. The van der Waals surface area contributed by atoms with Crippen LogP contribution in [0.1, 0.15) is 12.8 Å². The summed E-state index contributed by atoms with van der Waals surface area (Å²) < 4.78 is 39.4. The molecule has 132 valence electrons. The zero-order valence-corrected chi connectivity index (χ0v) is 14.7. The summed E-state index contributed by atoms with van der Waals surface area (Å²) in [5.41, 5.74) is 1.63. The molecule has 5 nitrogen and oxygen atoms in total. The molecule has 4 rings (SSSR count). The SMILES string of the molecule is O=S(=O)(c1ccccc1-c1ccccc1)N1CCC2(CC1)OCCO2. The van der Waals surface area contributed by atoms with Gasteiger partial charge in [-0.3, -0.25) is 0 Å². The Kier molecular flexibility index (Phi) is 4.37. The highest BCUT2D eigenvalue weighted by Gasteiger charge is 2.43. The topological polar surface area (TPSA) is 55.8 Å². The molecule has 0 aliphatic carbocycles. The normalized spacial score (nSPS) is 20.8. The number of hydrogen-bond donors (Lipinski definition) is 0. The van der Waals surface area contributed by atoms with Crippen LogP contribution in [-0.2, 0) is 19.5 Å². The molecule has 2 saturated heterocycles. The lowest BCUT2D eigenvalue weighted by atomic mass is 10.1. The predicted octanol–water partition coefficient (Wildman–Crippen LogP) is 2.88. The summed E-state index contributed by atoms with van der Waals surface area (Å²) in [5, 5.41) is 0. The Morgan fingerprint density at radius 3 is 2.12 bits per heavy atom. The highest BCUT2D eigenvalue weighted by atomic mass is 32.2. The first-order valence-corrected chi connectivity index (χ1v) is 9.97. The van der Waals surface area contributed by atoms with E-state index in [9.17, 15) is 8.42 Å². The van der Waals surface area contributed by atoms with Crippen LogP contribution in [0.4, 0.5) is 0 Å². The van der Waals surface area contributed by atoms with Crippen molar-refractivity contribution in [2.45, 2.75) is 23.5 Å². The van der Waals surface area contributed by atoms with E-state index in [1.54, 1.807) is 16.4 Å². The first-order chi connectivity index (χ1) is 12.1. The molecule has 0 bridgehead atoms. The molecule has 0 N–H and O–H groups in total. The molecule has 1 spiro atoms. The van der Waals surface area contributed by atoms with E-state index >= 15 is 0 Å². The van der Waals surface area contributed by atoms with E-state index in [2.05, 4.69) is 0 Å². The molecular weight excluding hydrogens is 338 g/mol. The van der Waals surface area contributed by atoms with Gasteiger partial charge < -0.3 is 9.47 Å². The van der Waals surface area contributed by atoms with Crippen molar-refractivity contribution in [1.82, 2.24) is 4.31 Å². The van der Waals surface area contributed by atoms with Gasteiger partial charge in [0.25, 0.3) is 0 Å². The van der Waals surface area contributed by atoms with E-state index in [0.29, 0.717) is 44.0 Å². The molecule has 0 amide bonds. The maximum atomic E-state index is 13.2. The van der Waals surface area contributed by atoms with Crippen molar-refractivity contribution in [1.29, 1.82) is 0 Å². The predicted molar refractivity (Wildman–Crippen MR) is 94.5 cm³/mol. The Labute approximate surface area is 148 Å². The minimum Gasteiger partial charge on any atom is -0.347 e. The van der Waals surface area contributed by atoms with Crippen LogP contribution < -0.4 is 0 Å². The van der Waals surface area contributed by atoms with Crippen molar-refractivity contribution in [3.63, 3.8) is 0 Å². The van der Waals surface area contributed by atoms with Gasteiger partial charge in [0.15, 0.2) is 5.79 Å². The number of sulfonamides is 1. The number of piperidine rings is 1. The summed E-state index contributed by atoms with van der Waals surface area (Å²) in [4.78, 5) is 0.352. The lowest BCUT2D eigenvalue weighted by Gasteiger charge is -2.37. The number of benzene rings is 2. The van der Waals surface area contributed by atoms with E-state index in [1.165, 1.54) is 0 Å². The number of hydrogen-bond acceptors (Lipinski definition) is 4. The zero-order valence-electron chi connectivity index (χ0n) is 13.9. The van der Waals surface area contributed by atoms with Crippen LogP contribution in [0.5, 0.6) is 0 Å². The van der Waals surface area contributed by atoms with E-state index in [0.717, 1.165) is 11.1 Å². The first-order valence-electron chi connectivity index (χ1n) is 8.53. The molecule has 2 aliphatic rings. The Hall–Kier alpha value is -1.73. The van der Waals surface area contributed by atoms with Crippen LogP contribution in [-0.4, -0.2) is 44.8 Å². The third-order valence-corrected chi connectivity index (χ3v) is 6.84. The Morgan fingerprint density at radius 1 is 0.840 bits per heavy atom. The lowest BCUT2D eigenvalue weighted by molar-refractivity contribution is -0.179. The average molecular weight is 359 g/mol. The fraction of sp³-hybridized carbons (Fsp3) is 0.368. The molecule has 0 radical (unpaired) electrons. The van der Waals surface area contributed by atoms with Crippen LogP contribution in [0.25, 0.3) is 11.1 Å². The Morgan fingerprint density at radius 2 is 1.44 bits per heavy atom. The molecule has 0 saturated carbocycles. The highest BCUT2D eigenvalue weighted by molar-refractivity contribution is 7.89. The van der Waals surface area contributed by atoms with E-state index < -0.39 is 15.8 Å². The second-order valence-electron chi connectivity index (χ2n) is 6.37. The summed E-state index contributed by atoms with van der Waals surface area (Å²) in [6, 6.07) is 16.8. The monoisotopic (exact) mass is 359 g/mol. The Balaban J connectivity index is 1.63. The molecule has 2 heterocycles. The van der Waals surface area contributed by atoms with E-state index in [4.69, 9.17) is 9.47 Å². The van der Waals surface area contributed by atoms with Gasteiger partial charge in [-0.05, 0) is 11.6 Å². The molecule has 0 unspecified atom stereocenters. The average Bonchev–Trinajstić information content (AvgIpc) is 3.11. The summed E-state index contributed by atoms with van der Waals surface area (Å²) in [6.45, 7) is 1.99. The van der Waals surface area contributed by atoms with Crippen LogP contribution in [0.15, 0.2) is 59.5 Å². The quantitative estimate of drug-likeness (QED) is 0.846.